The molecule has 0 spiro atoms. The molecule has 2 aromatic heterocycles. The molecular formula is C27H28BrNO3SSi. The summed E-state index contributed by atoms with van der Waals surface area (Å²) in [4.78, 5) is 27.2. The molecule has 2 aromatic carbocycles. The molecule has 0 radical (unpaired) electrons. The average molecular weight is 555 g/mol. The summed E-state index contributed by atoms with van der Waals surface area (Å²) in [6, 6.07) is 17.3. The molecule has 5 rings (SSSR count). The van der Waals surface area contributed by atoms with E-state index in [0.717, 1.165) is 29.3 Å². The molecule has 1 aliphatic rings. The highest BCUT2D eigenvalue weighted by atomic mass is 79.9. The number of nitrogens with zero attached hydrogens (tertiary/aromatic N) is 1. The van der Waals surface area contributed by atoms with Crippen molar-refractivity contribution in [1.29, 1.82) is 0 Å². The minimum Gasteiger partial charge on any atom is -0.461 e. The summed E-state index contributed by atoms with van der Waals surface area (Å²) in [5, 5.41) is 2.42. The van der Waals surface area contributed by atoms with Crippen LogP contribution in [0.25, 0.3) is 15.6 Å². The number of ether oxygens (including phenoxy) is 1. The van der Waals surface area contributed by atoms with Crippen LogP contribution < -0.4 is 5.56 Å². The topological polar surface area (TPSA) is 47.8 Å². The van der Waals surface area contributed by atoms with Crippen molar-refractivity contribution in [3.63, 3.8) is 0 Å². The van der Waals surface area contributed by atoms with Crippen molar-refractivity contribution in [2.24, 2.45) is 0 Å². The van der Waals surface area contributed by atoms with Crippen LogP contribution in [0.1, 0.15) is 45.9 Å². The second-order valence-corrected chi connectivity index (χ2v) is 18.3. The van der Waals surface area contributed by atoms with Crippen molar-refractivity contribution in [2.45, 2.75) is 50.9 Å². The zero-order chi connectivity index (χ0) is 24.0. The summed E-state index contributed by atoms with van der Waals surface area (Å²) in [6.45, 7) is 7.14. The van der Waals surface area contributed by atoms with Gasteiger partial charge >= 0.3 is 5.97 Å². The summed E-state index contributed by atoms with van der Waals surface area (Å²) in [6.07, 6.45) is 2.92. The summed E-state index contributed by atoms with van der Waals surface area (Å²) in [5.41, 5.74) is 3.63. The Morgan fingerprint density at radius 1 is 1.12 bits per heavy atom. The van der Waals surface area contributed by atoms with Crippen LogP contribution in [0.15, 0.2) is 57.1 Å². The van der Waals surface area contributed by atoms with Crippen LogP contribution in [-0.2, 0) is 11.2 Å². The van der Waals surface area contributed by atoms with E-state index < -0.39 is 14.0 Å². The second kappa shape index (κ2) is 9.09. The lowest BCUT2D eigenvalue weighted by Gasteiger charge is -2.15. The van der Waals surface area contributed by atoms with Crippen molar-refractivity contribution in [3.05, 3.63) is 85.1 Å². The first-order chi connectivity index (χ1) is 16.2. The number of thiazole rings is 1. The molecule has 0 unspecified atom stereocenters. The van der Waals surface area contributed by atoms with Gasteiger partial charge in [0.1, 0.15) is 8.62 Å². The molecule has 1 saturated carbocycles. The van der Waals surface area contributed by atoms with Crippen molar-refractivity contribution in [3.8, 4) is 0 Å². The first-order valence-electron chi connectivity index (χ1n) is 11.7. The van der Waals surface area contributed by atoms with Gasteiger partial charge in [-0.15, -0.1) is 11.3 Å². The molecule has 7 heteroatoms. The molecule has 1 fully saturated rings. The van der Waals surface area contributed by atoms with Gasteiger partial charge < -0.3 is 4.74 Å². The first-order valence-corrected chi connectivity index (χ1v) is 17.1. The highest BCUT2D eigenvalue weighted by Crippen LogP contribution is 2.46. The minimum atomic E-state index is -1.32. The van der Waals surface area contributed by atoms with E-state index in [2.05, 4.69) is 72.0 Å². The maximum Gasteiger partial charge on any atom is 0.357 e. The Balaban J connectivity index is 1.57. The van der Waals surface area contributed by atoms with Gasteiger partial charge in [0.2, 0.25) is 0 Å². The lowest BCUT2D eigenvalue weighted by atomic mass is 9.95. The quantitative estimate of drug-likeness (QED) is 0.179. The van der Waals surface area contributed by atoms with Gasteiger partial charge in [-0.1, -0.05) is 62.1 Å². The maximum atomic E-state index is 13.4. The van der Waals surface area contributed by atoms with Crippen molar-refractivity contribution in [1.82, 2.24) is 4.40 Å². The highest BCUT2D eigenvalue weighted by molar-refractivity contribution is 9.11. The molecule has 176 valence electrons. The van der Waals surface area contributed by atoms with Crippen LogP contribution >= 0.6 is 27.3 Å². The van der Waals surface area contributed by atoms with Crippen LogP contribution in [0.3, 0.4) is 0 Å². The molecular weight excluding hydrogens is 526 g/mol. The van der Waals surface area contributed by atoms with Crippen LogP contribution in [0.5, 0.6) is 0 Å². The normalized spacial score (nSPS) is 14.1. The number of hydrogen-bond acceptors (Lipinski definition) is 4. The predicted octanol–water partition coefficient (Wildman–Crippen LogP) is 7.24. The average Bonchev–Trinajstić information content (AvgIpc) is 3.54. The number of aromatic nitrogens is 1. The second-order valence-electron chi connectivity index (χ2n) is 10.3. The number of benzene rings is 2. The largest absolute Gasteiger partial charge is 0.461 e. The van der Waals surface area contributed by atoms with Gasteiger partial charge in [0.15, 0.2) is 5.69 Å². The zero-order valence-corrected chi connectivity index (χ0v) is 23.1. The summed E-state index contributed by atoms with van der Waals surface area (Å²) in [7, 11) is -1.32. The first kappa shape index (κ1) is 23.5. The molecule has 34 heavy (non-hydrogen) atoms. The molecule has 4 aromatic rings. The third-order valence-electron chi connectivity index (χ3n) is 6.42. The number of fused-ring (bicyclic) bond motifs is 2. The zero-order valence-electron chi connectivity index (χ0n) is 19.7. The Kier molecular flexibility index (Phi) is 6.29. The summed E-state index contributed by atoms with van der Waals surface area (Å²) in [5.74, 6) is 0.00362. The molecule has 1 aliphatic carbocycles. The van der Waals surface area contributed by atoms with Gasteiger partial charge in [-0.05, 0) is 74.6 Å². The fourth-order valence-corrected chi connectivity index (χ4v) is 7.11. The van der Waals surface area contributed by atoms with Crippen LogP contribution in [0, 0.1) is 0 Å². The lowest BCUT2D eigenvalue weighted by Crippen LogP contribution is -2.24. The molecule has 0 bridgehead atoms. The number of rotatable bonds is 7. The fraction of sp³-hybridized carbons (Fsp3) is 0.333. The van der Waals surface area contributed by atoms with Gasteiger partial charge in [-0.2, -0.15) is 0 Å². The van der Waals surface area contributed by atoms with E-state index in [1.807, 2.05) is 6.07 Å². The van der Waals surface area contributed by atoms with Gasteiger partial charge in [-0.25, -0.2) is 4.79 Å². The Morgan fingerprint density at radius 2 is 1.85 bits per heavy atom. The van der Waals surface area contributed by atoms with Crippen molar-refractivity contribution in [2.75, 3.05) is 6.61 Å². The fourth-order valence-electron chi connectivity index (χ4n) is 4.48. The maximum absolute atomic E-state index is 13.4. The third-order valence-corrected chi connectivity index (χ3v) is 9.95. The van der Waals surface area contributed by atoms with E-state index in [4.69, 9.17) is 4.74 Å². The third kappa shape index (κ3) is 4.66. The van der Waals surface area contributed by atoms with E-state index in [-0.39, 0.29) is 5.56 Å². The van der Waals surface area contributed by atoms with E-state index in [1.54, 1.807) is 10.5 Å². The molecule has 0 amide bonds. The van der Waals surface area contributed by atoms with E-state index in [0.29, 0.717) is 28.4 Å². The number of hydrogen-bond donors (Lipinski definition) is 0. The SMILES string of the molecule is C[Si](C)(C)CCOC(=O)c1c(Br)sc2c(C3CC3)c(Cc3cccc4ccccc34)cc(=O)n12. The summed E-state index contributed by atoms with van der Waals surface area (Å²) < 4.78 is 7.84. The molecule has 0 saturated heterocycles. The Hall–Kier alpha value is -2.22. The van der Waals surface area contributed by atoms with Gasteiger partial charge in [-0.3, -0.25) is 9.20 Å². The predicted molar refractivity (Wildman–Crippen MR) is 146 cm³/mol. The van der Waals surface area contributed by atoms with E-state index in [1.165, 1.54) is 33.2 Å². The van der Waals surface area contributed by atoms with Crippen molar-refractivity contribution < 1.29 is 9.53 Å². The lowest BCUT2D eigenvalue weighted by molar-refractivity contribution is 0.0516. The Morgan fingerprint density at radius 3 is 2.59 bits per heavy atom. The molecule has 4 nitrogen and oxygen atoms in total. The number of esters is 1. The van der Waals surface area contributed by atoms with Gasteiger partial charge in [0, 0.05) is 14.1 Å². The van der Waals surface area contributed by atoms with Crippen LogP contribution in [0.4, 0.5) is 0 Å². The van der Waals surface area contributed by atoms with Crippen molar-refractivity contribution >= 4 is 56.9 Å². The number of carbonyl (C=O) groups is 1. The van der Waals surface area contributed by atoms with Gasteiger partial charge in [0.25, 0.3) is 5.56 Å². The van der Waals surface area contributed by atoms with E-state index in [9.17, 15) is 9.59 Å². The molecule has 0 aliphatic heterocycles. The summed E-state index contributed by atoms with van der Waals surface area (Å²) >= 11 is 5.04. The number of pyridine rings is 1. The van der Waals surface area contributed by atoms with Crippen LogP contribution in [-0.4, -0.2) is 25.1 Å². The Bertz CT molecular complexity index is 1460. The Labute approximate surface area is 212 Å². The van der Waals surface area contributed by atoms with Crippen LogP contribution in [0.2, 0.25) is 25.7 Å². The number of carbonyl (C=O) groups excluding carboxylic acids is 1. The molecule has 2 heterocycles. The standard InChI is InChI=1S/C27H28BrNO3SSi/c1-34(2,3)14-13-32-27(31)24-25(28)33-26-23(18-11-12-18)20(16-22(30)29(24)26)15-19-9-6-8-17-7-4-5-10-21(17)19/h4-10,16,18H,11-15H2,1-3H3. The minimum absolute atomic E-state index is 0.172. The monoisotopic (exact) mass is 553 g/mol. The van der Waals surface area contributed by atoms with Gasteiger partial charge in [0.05, 0.1) is 6.61 Å². The molecule has 0 N–H and O–H groups in total. The molecule has 0 atom stereocenters. The van der Waals surface area contributed by atoms with E-state index >= 15 is 0 Å². The smallest absolute Gasteiger partial charge is 0.357 e. The highest BCUT2D eigenvalue weighted by Gasteiger charge is 2.32. The number of halogens is 1.